The monoisotopic (exact) mass is 229 g/mol. The molecule has 1 aromatic rings. The van der Waals surface area contributed by atoms with Gasteiger partial charge < -0.3 is 0 Å². The molecule has 0 heterocycles. The molecule has 0 amide bonds. The van der Waals surface area contributed by atoms with Crippen LogP contribution in [0.15, 0.2) is 29.2 Å². The molecule has 0 fully saturated rings. The van der Waals surface area contributed by atoms with Crippen LogP contribution in [0.4, 0.5) is 5.69 Å². The topological polar surface area (TPSA) is 43.1 Å². The molecule has 0 N–H and O–H groups in total. The van der Waals surface area contributed by atoms with E-state index in [1.54, 1.807) is 23.9 Å². The maximum Gasteiger partial charge on any atom is 0.269 e. The van der Waals surface area contributed by atoms with E-state index in [1.165, 1.54) is 12.1 Å². The summed E-state index contributed by atoms with van der Waals surface area (Å²) >= 11 is 5.80. The van der Waals surface area contributed by atoms with Crippen LogP contribution in [-0.4, -0.2) is 16.4 Å². The normalized spacial score (nSPS) is 10.1. The van der Waals surface area contributed by atoms with Crippen molar-refractivity contribution in [1.29, 1.82) is 0 Å². The van der Waals surface area contributed by atoms with Crippen molar-refractivity contribution in [1.82, 2.24) is 0 Å². The summed E-state index contributed by atoms with van der Waals surface area (Å²) in [5.74, 6) is 1.88. The van der Waals surface area contributed by atoms with E-state index < -0.39 is 0 Å². The van der Waals surface area contributed by atoms with Gasteiger partial charge >= 0.3 is 0 Å². The Morgan fingerprint density at radius 3 is 2.50 bits per heavy atom. The molecule has 5 heteroatoms. The highest BCUT2D eigenvalue weighted by molar-refractivity contribution is 7.99. The minimum absolute atomic E-state index is 0.142. The lowest BCUT2D eigenvalue weighted by atomic mass is 10.3. The van der Waals surface area contributed by atoms with Crippen LogP contribution in [0.25, 0.3) is 0 Å². The quantitative estimate of drug-likeness (QED) is 0.277. The first-order chi connectivity index (χ1) is 6.74. The van der Waals surface area contributed by atoms with Crippen LogP contribution in [0.3, 0.4) is 0 Å². The highest BCUT2D eigenvalue weighted by Crippen LogP contribution is 2.21. The SMILES string of the molecule is O=[N+]([O-])c1ccc(SCCCS)cc1. The van der Waals surface area contributed by atoms with Gasteiger partial charge in [-0.2, -0.15) is 12.6 Å². The zero-order valence-electron chi connectivity index (χ0n) is 7.55. The van der Waals surface area contributed by atoms with Crippen molar-refractivity contribution in [3.05, 3.63) is 34.4 Å². The van der Waals surface area contributed by atoms with Crippen molar-refractivity contribution in [2.75, 3.05) is 11.5 Å². The van der Waals surface area contributed by atoms with Gasteiger partial charge in [-0.05, 0) is 30.1 Å². The van der Waals surface area contributed by atoms with Crippen molar-refractivity contribution in [3.8, 4) is 0 Å². The van der Waals surface area contributed by atoms with E-state index in [9.17, 15) is 10.1 Å². The third kappa shape index (κ3) is 3.59. The molecule has 0 aliphatic carbocycles. The molecule has 0 spiro atoms. The lowest BCUT2D eigenvalue weighted by Gasteiger charge is -1.99. The average Bonchev–Trinajstić information content (AvgIpc) is 2.19. The molecule has 0 aliphatic heterocycles. The van der Waals surface area contributed by atoms with Gasteiger partial charge in [0.1, 0.15) is 0 Å². The van der Waals surface area contributed by atoms with Gasteiger partial charge in [0.15, 0.2) is 0 Å². The largest absolute Gasteiger partial charge is 0.269 e. The van der Waals surface area contributed by atoms with Crippen LogP contribution < -0.4 is 0 Å². The van der Waals surface area contributed by atoms with Gasteiger partial charge in [-0.1, -0.05) is 0 Å². The van der Waals surface area contributed by atoms with Gasteiger partial charge in [0.2, 0.25) is 0 Å². The molecule has 0 aliphatic rings. The third-order valence-corrected chi connectivity index (χ3v) is 3.03. The summed E-state index contributed by atoms with van der Waals surface area (Å²) < 4.78 is 0. The number of hydrogen-bond acceptors (Lipinski definition) is 4. The van der Waals surface area contributed by atoms with E-state index in [0.717, 1.165) is 22.8 Å². The first kappa shape index (κ1) is 11.4. The number of thiol groups is 1. The fraction of sp³-hybridized carbons (Fsp3) is 0.333. The van der Waals surface area contributed by atoms with Gasteiger partial charge in [0.25, 0.3) is 5.69 Å². The molecule has 0 saturated carbocycles. The van der Waals surface area contributed by atoms with E-state index >= 15 is 0 Å². The lowest BCUT2D eigenvalue weighted by Crippen LogP contribution is -1.87. The zero-order chi connectivity index (χ0) is 10.4. The summed E-state index contributed by atoms with van der Waals surface area (Å²) in [6.07, 6.45) is 1.05. The fourth-order valence-electron chi connectivity index (χ4n) is 0.919. The Hall–Kier alpha value is -0.680. The summed E-state index contributed by atoms with van der Waals surface area (Å²) in [4.78, 5) is 11.0. The molecule has 0 bridgehead atoms. The smallest absolute Gasteiger partial charge is 0.258 e. The lowest BCUT2D eigenvalue weighted by molar-refractivity contribution is -0.384. The zero-order valence-corrected chi connectivity index (χ0v) is 9.26. The van der Waals surface area contributed by atoms with E-state index in [2.05, 4.69) is 12.6 Å². The Morgan fingerprint density at radius 1 is 1.36 bits per heavy atom. The summed E-state index contributed by atoms with van der Waals surface area (Å²) in [6, 6.07) is 6.62. The number of rotatable bonds is 5. The number of benzene rings is 1. The number of non-ortho nitro benzene ring substituents is 1. The van der Waals surface area contributed by atoms with Crippen LogP contribution >= 0.6 is 24.4 Å². The van der Waals surface area contributed by atoms with Crippen molar-refractivity contribution >= 4 is 30.1 Å². The maximum atomic E-state index is 10.4. The average molecular weight is 229 g/mol. The molecule has 0 aromatic heterocycles. The van der Waals surface area contributed by atoms with Crippen LogP contribution in [0.2, 0.25) is 0 Å². The number of nitro benzene ring substituents is 1. The van der Waals surface area contributed by atoms with Gasteiger partial charge in [-0.3, -0.25) is 10.1 Å². The molecule has 0 atom stereocenters. The molecule has 14 heavy (non-hydrogen) atoms. The van der Waals surface area contributed by atoms with Crippen molar-refractivity contribution in [3.63, 3.8) is 0 Å². The molecule has 1 rings (SSSR count). The summed E-state index contributed by atoms with van der Waals surface area (Å²) in [5, 5.41) is 10.4. The predicted molar refractivity (Wildman–Crippen MR) is 62.3 cm³/mol. The van der Waals surface area contributed by atoms with Gasteiger partial charge in [0.05, 0.1) is 4.92 Å². The van der Waals surface area contributed by atoms with Crippen molar-refractivity contribution in [2.45, 2.75) is 11.3 Å². The van der Waals surface area contributed by atoms with Crippen LogP contribution in [-0.2, 0) is 0 Å². The number of nitro groups is 1. The molecular weight excluding hydrogens is 218 g/mol. The Kier molecular flexibility index (Phi) is 4.82. The molecule has 1 aromatic carbocycles. The predicted octanol–water partition coefficient (Wildman–Crippen LogP) is 3.01. The Morgan fingerprint density at radius 2 is 2.00 bits per heavy atom. The summed E-state index contributed by atoms with van der Waals surface area (Å²) in [5.41, 5.74) is 0.142. The second-order valence-electron chi connectivity index (χ2n) is 2.68. The van der Waals surface area contributed by atoms with Crippen molar-refractivity contribution < 1.29 is 4.92 Å². The van der Waals surface area contributed by atoms with Gasteiger partial charge in [-0.15, -0.1) is 11.8 Å². The standard InChI is InChI=1S/C9H11NO2S2/c11-10(12)8-2-4-9(5-3-8)14-7-1-6-13/h2-5,13H,1,6-7H2. The first-order valence-corrected chi connectivity index (χ1v) is 5.84. The number of nitrogens with zero attached hydrogens (tertiary/aromatic N) is 1. The molecule has 0 unspecified atom stereocenters. The van der Waals surface area contributed by atoms with Crippen molar-refractivity contribution in [2.24, 2.45) is 0 Å². The Balaban J connectivity index is 2.51. The van der Waals surface area contributed by atoms with Gasteiger partial charge in [-0.25, -0.2) is 0 Å². The summed E-state index contributed by atoms with van der Waals surface area (Å²) in [6.45, 7) is 0. The van der Waals surface area contributed by atoms with Gasteiger partial charge in [0, 0.05) is 17.0 Å². The highest BCUT2D eigenvalue weighted by Gasteiger charge is 2.03. The van der Waals surface area contributed by atoms with E-state index in [0.29, 0.717) is 0 Å². The minimum Gasteiger partial charge on any atom is -0.258 e. The summed E-state index contributed by atoms with van der Waals surface area (Å²) in [7, 11) is 0. The maximum absolute atomic E-state index is 10.4. The number of hydrogen-bond donors (Lipinski definition) is 1. The molecule has 76 valence electrons. The van der Waals surface area contributed by atoms with E-state index in [1.807, 2.05) is 0 Å². The second-order valence-corrected chi connectivity index (χ2v) is 4.29. The van der Waals surface area contributed by atoms with Crippen LogP contribution in [0, 0.1) is 10.1 Å². The third-order valence-electron chi connectivity index (χ3n) is 1.62. The first-order valence-electron chi connectivity index (χ1n) is 4.22. The Bertz CT molecular complexity index is 300. The fourth-order valence-corrected chi connectivity index (χ4v) is 2.14. The number of thioether (sulfide) groups is 1. The highest BCUT2D eigenvalue weighted by atomic mass is 32.2. The van der Waals surface area contributed by atoms with Crippen LogP contribution in [0.1, 0.15) is 6.42 Å². The molecule has 0 saturated heterocycles. The Labute approximate surface area is 92.5 Å². The second kappa shape index (κ2) is 5.93. The molecule has 0 radical (unpaired) electrons. The van der Waals surface area contributed by atoms with E-state index in [-0.39, 0.29) is 10.6 Å². The van der Waals surface area contributed by atoms with Crippen LogP contribution in [0.5, 0.6) is 0 Å². The molecule has 3 nitrogen and oxygen atoms in total. The van der Waals surface area contributed by atoms with E-state index in [4.69, 9.17) is 0 Å². The minimum atomic E-state index is -0.387. The molecular formula is C9H11NO2S2.